The predicted molar refractivity (Wildman–Crippen MR) is 83.3 cm³/mol. The molecule has 0 radical (unpaired) electrons. The highest BCUT2D eigenvalue weighted by Crippen LogP contribution is 2.39. The second kappa shape index (κ2) is 5.78. The van der Waals surface area contributed by atoms with Crippen LogP contribution in [-0.4, -0.2) is 11.6 Å². The van der Waals surface area contributed by atoms with E-state index in [1.54, 1.807) is 11.3 Å². The van der Waals surface area contributed by atoms with Crippen molar-refractivity contribution >= 4 is 26.7 Å². The standard InChI is InChI=1S/C15H22N2OS/c1-5-6-7-18-11-8-10(4)13-14(12(11)9(2)3)19-15(16)17-13/h8-9H,5-7H2,1-4H3,(H2,16,17). The molecule has 0 spiro atoms. The van der Waals surface area contributed by atoms with E-state index in [2.05, 4.69) is 38.7 Å². The topological polar surface area (TPSA) is 48.1 Å². The van der Waals surface area contributed by atoms with Crippen molar-refractivity contribution in [2.45, 2.75) is 46.5 Å². The smallest absolute Gasteiger partial charge is 0.181 e. The average molecular weight is 278 g/mol. The molecule has 2 aromatic rings. The van der Waals surface area contributed by atoms with Crippen molar-refractivity contribution in [3.63, 3.8) is 0 Å². The van der Waals surface area contributed by atoms with Gasteiger partial charge in [0.2, 0.25) is 0 Å². The fraction of sp³-hybridized carbons (Fsp3) is 0.533. The third-order valence-corrected chi connectivity index (χ3v) is 4.13. The van der Waals surface area contributed by atoms with Gasteiger partial charge in [-0.2, -0.15) is 0 Å². The van der Waals surface area contributed by atoms with Crippen molar-refractivity contribution in [1.29, 1.82) is 0 Å². The summed E-state index contributed by atoms with van der Waals surface area (Å²) in [6.07, 6.45) is 2.23. The first-order valence-electron chi connectivity index (χ1n) is 6.86. The van der Waals surface area contributed by atoms with E-state index in [1.165, 1.54) is 10.3 Å². The summed E-state index contributed by atoms with van der Waals surface area (Å²) in [4.78, 5) is 4.43. The van der Waals surface area contributed by atoms with Gasteiger partial charge in [0.05, 0.1) is 16.8 Å². The van der Waals surface area contributed by atoms with E-state index in [0.29, 0.717) is 11.0 Å². The fourth-order valence-electron chi connectivity index (χ4n) is 2.23. The largest absolute Gasteiger partial charge is 0.493 e. The lowest BCUT2D eigenvalue weighted by molar-refractivity contribution is 0.305. The fourth-order valence-corrected chi connectivity index (χ4v) is 3.33. The number of nitrogens with two attached hydrogens (primary N) is 1. The third kappa shape index (κ3) is 2.84. The number of hydrogen-bond acceptors (Lipinski definition) is 4. The molecule has 0 saturated heterocycles. The summed E-state index contributed by atoms with van der Waals surface area (Å²) in [6.45, 7) is 9.39. The Labute approximate surface area is 118 Å². The molecular weight excluding hydrogens is 256 g/mol. The first-order valence-corrected chi connectivity index (χ1v) is 7.68. The monoisotopic (exact) mass is 278 g/mol. The first kappa shape index (κ1) is 14.1. The quantitative estimate of drug-likeness (QED) is 0.820. The molecule has 0 fully saturated rings. The van der Waals surface area contributed by atoms with Crippen LogP contribution in [0, 0.1) is 6.92 Å². The maximum atomic E-state index is 5.98. The van der Waals surface area contributed by atoms with Crippen molar-refractivity contribution in [2.75, 3.05) is 12.3 Å². The molecule has 0 bridgehead atoms. The molecule has 19 heavy (non-hydrogen) atoms. The number of nitrogen functional groups attached to an aromatic ring is 1. The molecule has 2 rings (SSSR count). The van der Waals surface area contributed by atoms with Crippen LogP contribution in [-0.2, 0) is 0 Å². The van der Waals surface area contributed by atoms with Gasteiger partial charge in [0.25, 0.3) is 0 Å². The van der Waals surface area contributed by atoms with Crippen molar-refractivity contribution in [2.24, 2.45) is 0 Å². The molecule has 0 aliphatic heterocycles. The Morgan fingerprint density at radius 3 is 2.79 bits per heavy atom. The van der Waals surface area contributed by atoms with Crippen LogP contribution in [0.15, 0.2) is 6.07 Å². The number of hydrogen-bond donors (Lipinski definition) is 1. The molecule has 1 aromatic heterocycles. The minimum absolute atomic E-state index is 0.402. The van der Waals surface area contributed by atoms with E-state index in [4.69, 9.17) is 10.5 Å². The molecule has 3 nitrogen and oxygen atoms in total. The number of fused-ring (bicyclic) bond motifs is 1. The van der Waals surface area contributed by atoms with Gasteiger partial charge >= 0.3 is 0 Å². The van der Waals surface area contributed by atoms with Crippen molar-refractivity contribution in [1.82, 2.24) is 4.98 Å². The second-order valence-corrected chi connectivity index (χ2v) is 6.22. The van der Waals surface area contributed by atoms with Crippen LogP contribution in [0.4, 0.5) is 5.13 Å². The van der Waals surface area contributed by atoms with Crippen molar-refractivity contribution in [3.8, 4) is 5.75 Å². The highest BCUT2D eigenvalue weighted by atomic mass is 32.1. The third-order valence-electron chi connectivity index (χ3n) is 3.21. The van der Waals surface area contributed by atoms with Crippen molar-refractivity contribution < 1.29 is 4.74 Å². The normalized spacial score (nSPS) is 11.4. The van der Waals surface area contributed by atoms with Crippen LogP contribution in [0.1, 0.15) is 50.7 Å². The van der Waals surface area contributed by atoms with Crippen LogP contribution in [0.2, 0.25) is 0 Å². The zero-order chi connectivity index (χ0) is 14.0. The van der Waals surface area contributed by atoms with Crippen molar-refractivity contribution in [3.05, 3.63) is 17.2 Å². The summed E-state index contributed by atoms with van der Waals surface area (Å²) in [5.74, 6) is 1.40. The average Bonchev–Trinajstić information content (AvgIpc) is 2.71. The zero-order valence-electron chi connectivity index (χ0n) is 12.1. The predicted octanol–water partition coefficient (Wildman–Crippen LogP) is 4.49. The van der Waals surface area contributed by atoms with Gasteiger partial charge in [0.15, 0.2) is 5.13 Å². The van der Waals surface area contributed by atoms with Gasteiger partial charge < -0.3 is 10.5 Å². The summed E-state index contributed by atoms with van der Waals surface area (Å²) >= 11 is 1.56. The number of aromatic nitrogens is 1. The van der Waals surface area contributed by atoms with Crippen LogP contribution >= 0.6 is 11.3 Å². The van der Waals surface area contributed by atoms with Crippen LogP contribution in [0.25, 0.3) is 10.2 Å². The second-order valence-electron chi connectivity index (χ2n) is 5.19. The van der Waals surface area contributed by atoms with Crippen LogP contribution in [0.5, 0.6) is 5.75 Å². The van der Waals surface area contributed by atoms with Gasteiger partial charge in [0, 0.05) is 5.56 Å². The molecule has 4 heteroatoms. The summed E-state index contributed by atoms with van der Waals surface area (Å²) in [5, 5.41) is 0.630. The number of anilines is 1. The molecular formula is C15H22N2OS. The maximum Gasteiger partial charge on any atom is 0.181 e. The number of aryl methyl sites for hydroxylation is 1. The number of thiazole rings is 1. The molecule has 1 aromatic carbocycles. The molecule has 0 atom stereocenters. The number of benzene rings is 1. The number of ether oxygens (including phenoxy) is 1. The van der Waals surface area contributed by atoms with E-state index in [-0.39, 0.29) is 0 Å². The SMILES string of the molecule is CCCCOc1cc(C)c2nc(N)sc2c1C(C)C. The highest BCUT2D eigenvalue weighted by Gasteiger charge is 2.17. The summed E-state index contributed by atoms with van der Waals surface area (Å²) < 4.78 is 7.15. The number of nitrogens with zero attached hydrogens (tertiary/aromatic N) is 1. The number of unbranched alkanes of at least 4 members (excludes halogenated alkanes) is 1. The van der Waals surface area contributed by atoms with Gasteiger partial charge in [-0.25, -0.2) is 4.98 Å². The molecule has 0 unspecified atom stereocenters. The van der Waals surface area contributed by atoms with Gasteiger partial charge in [-0.05, 0) is 30.9 Å². The molecule has 0 saturated carbocycles. The molecule has 0 aliphatic carbocycles. The molecule has 1 heterocycles. The van der Waals surface area contributed by atoms with Crippen LogP contribution < -0.4 is 10.5 Å². The summed E-state index contributed by atoms with van der Waals surface area (Å²) in [7, 11) is 0. The number of rotatable bonds is 5. The highest BCUT2D eigenvalue weighted by molar-refractivity contribution is 7.22. The van der Waals surface area contributed by atoms with Gasteiger partial charge in [0.1, 0.15) is 5.75 Å². The van der Waals surface area contributed by atoms with Gasteiger partial charge in [-0.1, -0.05) is 38.5 Å². The van der Waals surface area contributed by atoms with Gasteiger partial charge in [-0.15, -0.1) is 0 Å². The Morgan fingerprint density at radius 2 is 2.16 bits per heavy atom. The molecule has 2 N–H and O–H groups in total. The Morgan fingerprint density at radius 1 is 1.42 bits per heavy atom. The summed E-state index contributed by atoms with van der Waals surface area (Å²) in [5.41, 5.74) is 9.27. The Hall–Kier alpha value is -1.29. The Balaban J connectivity index is 2.52. The Kier molecular flexibility index (Phi) is 4.30. The minimum Gasteiger partial charge on any atom is -0.493 e. The van der Waals surface area contributed by atoms with Gasteiger partial charge in [-0.3, -0.25) is 0 Å². The van der Waals surface area contributed by atoms with E-state index in [9.17, 15) is 0 Å². The first-order chi connectivity index (χ1) is 9.04. The summed E-state index contributed by atoms with van der Waals surface area (Å²) in [6, 6.07) is 2.10. The van der Waals surface area contributed by atoms with Crippen LogP contribution in [0.3, 0.4) is 0 Å². The minimum atomic E-state index is 0.402. The lowest BCUT2D eigenvalue weighted by Gasteiger charge is -2.16. The molecule has 0 amide bonds. The molecule has 104 valence electrons. The van der Waals surface area contributed by atoms with E-state index < -0.39 is 0 Å². The van der Waals surface area contributed by atoms with E-state index in [1.807, 2.05) is 0 Å². The Bertz CT molecular complexity index is 575. The zero-order valence-corrected chi connectivity index (χ0v) is 12.9. The maximum absolute atomic E-state index is 5.98. The van der Waals surface area contributed by atoms with E-state index in [0.717, 1.165) is 36.3 Å². The molecule has 0 aliphatic rings. The lowest BCUT2D eigenvalue weighted by Crippen LogP contribution is -2.02. The lowest BCUT2D eigenvalue weighted by atomic mass is 9.99. The van der Waals surface area contributed by atoms with E-state index >= 15 is 0 Å².